The number of amides is 1. The minimum Gasteiger partial charge on any atom is -0.395 e. The molecule has 0 radical (unpaired) electrons. The highest BCUT2D eigenvalue weighted by molar-refractivity contribution is 5.95. The van der Waals surface area contributed by atoms with E-state index < -0.39 is 0 Å². The molecule has 2 aromatic heterocycles. The van der Waals surface area contributed by atoms with Gasteiger partial charge in [0.05, 0.1) is 36.3 Å². The molecular formula is C15H23N5O2. The molecule has 2 N–H and O–H groups in total. The van der Waals surface area contributed by atoms with Crippen LogP contribution >= 0.6 is 0 Å². The van der Waals surface area contributed by atoms with Crippen LogP contribution in [0.4, 0.5) is 0 Å². The number of aromatic amines is 1. The molecular weight excluding hydrogens is 282 g/mol. The summed E-state index contributed by atoms with van der Waals surface area (Å²) in [5, 5.41) is 13.6. The van der Waals surface area contributed by atoms with Crippen molar-refractivity contribution < 1.29 is 9.90 Å². The van der Waals surface area contributed by atoms with E-state index in [2.05, 4.69) is 22.0 Å². The Bertz CT molecular complexity index is 632. The summed E-state index contributed by atoms with van der Waals surface area (Å²) in [6.07, 6.45) is 4.45. The van der Waals surface area contributed by atoms with Crippen molar-refractivity contribution in [2.45, 2.75) is 40.3 Å². The van der Waals surface area contributed by atoms with Crippen LogP contribution in [0.15, 0.2) is 12.4 Å². The van der Waals surface area contributed by atoms with E-state index in [4.69, 9.17) is 0 Å². The van der Waals surface area contributed by atoms with Crippen molar-refractivity contribution in [2.75, 3.05) is 13.2 Å². The Labute approximate surface area is 130 Å². The number of aryl methyl sites for hydroxylation is 3. The number of nitrogens with zero attached hydrogens (tertiary/aromatic N) is 4. The number of carbonyl (C=O) groups is 1. The predicted octanol–water partition coefficient (Wildman–Crippen LogP) is 1.27. The average molecular weight is 305 g/mol. The summed E-state index contributed by atoms with van der Waals surface area (Å²) in [4.78, 5) is 21.6. The first kappa shape index (κ1) is 16.2. The van der Waals surface area contributed by atoms with Gasteiger partial charge in [-0.1, -0.05) is 6.92 Å². The summed E-state index contributed by atoms with van der Waals surface area (Å²) in [6, 6.07) is 0. The molecule has 2 rings (SSSR count). The third-order valence-electron chi connectivity index (χ3n) is 3.40. The minimum atomic E-state index is -0.124. The second-order valence-corrected chi connectivity index (χ2v) is 5.34. The van der Waals surface area contributed by atoms with Crippen LogP contribution in [-0.4, -0.2) is 48.8 Å². The van der Waals surface area contributed by atoms with Crippen LogP contribution in [0.5, 0.6) is 0 Å². The van der Waals surface area contributed by atoms with E-state index in [9.17, 15) is 9.90 Å². The van der Waals surface area contributed by atoms with E-state index in [1.165, 1.54) is 0 Å². The first-order valence-electron chi connectivity index (χ1n) is 7.49. The molecule has 22 heavy (non-hydrogen) atoms. The Morgan fingerprint density at radius 3 is 2.82 bits per heavy atom. The SMILES string of the molecule is CCCn1cc(C(=O)N(CCO)Cc2cnc(C)[nH]2)c(C)n1. The van der Waals surface area contributed by atoms with Gasteiger partial charge in [0.2, 0.25) is 0 Å². The van der Waals surface area contributed by atoms with Crippen molar-refractivity contribution in [3.8, 4) is 0 Å². The zero-order chi connectivity index (χ0) is 16.1. The zero-order valence-corrected chi connectivity index (χ0v) is 13.3. The summed E-state index contributed by atoms with van der Waals surface area (Å²) < 4.78 is 1.79. The molecule has 0 aliphatic carbocycles. The van der Waals surface area contributed by atoms with E-state index in [1.54, 1.807) is 22.0 Å². The Kier molecular flexibility index (Phi) is 5.32. The van der Waals surface area contributed by atoms with Gasteiger partial charge in [-0.05, 0) is 20.3 Å². The van der Waals surface area contributed by atoms with E-state index in [-0.39, 0.29) is 19.1 Å². The molecule has 1 amide bonds. The fourth-order valence-corrected chi connectivity index (χ4v) is 2.37. The van der Waals surface area contributed by atoms with Crippen molar-refractivity contribution in [1.29, 1.82) is 0 Å². The summed E-state index contributed by atoms with van der Waals surface area (Å²) in [5.74, 6) is 0.680. The van der Waals surface area contributed by atoms with Crippen LogP contribution in [0, 0.1) is 13.8 Å². The average Bonchev–Trinajstić information content (AvgIpc) is 3.04. The lowest BCUT2D eigenvalue weighted by Crippen LogP contribution is -2.33. The van der Waals surface area contributed by atoms with Gasteiger partial charge in [0.15, 0.2) is 0 Å². The molecule has 2 aromatic rings. The van der Waals surface area contributed by atoms with Crippen molar-refractivity contribution in [1.82, 2.24) is 24.6 Å². The monoisotopic (exact) mass is 305 g/mol. The summed E-state index contributed by atoms with van der Waals surface area (Å²) >= 11 is 0. The lowest BCUT2D eigenvalue weighted by atomic mass is 10.2. The molecule has 0 aromatic carbocycles. The smallest absolute Gasteiger partial charge is 0.257 e. The number of nitrogens with one attached hydrogen (secondary N) is 1. The molecule has 0 spiro atoms. The molecule has 0 saturated carbocycles. The number of aliphatic hydroxyl groups is 1. The Morgan fingerprint density at radius 2 is 2.23 bits per heavy atom. The first-order chi connectivity index (χ1) is 10.5. The number of aliphatic hydroxyl groups excluding tert-OH is 1. The van der Waals surface area contributed by atoms with Crippen molar-refractivity contribution >= 4 is 5.91 Å². The number of H-pyrrole nitrogens is 1. The summed E-state index contributed by atoms with van der Waals surface area (Å²) in [5.41, 5.74) is 2.14. The molecule has 120 valence electrons. The van der Waals surface area contributed by atoms with Crippen molar-refractivity contribution in [3.63, 3.8) is 0 Å². The predicted molar refractivity (Wildman–Crippen MR) is 82.4 cm³/mol. The Balaban J connectivity index is 2.18. The van der Waals surface area contributed by atoms with Crippen molar-refractivity contribution in [2.24, 2.45) is 0 Å². The van der Waals surface area contributed by atoms with Gasteiger partial charge in [-0.15, -0.1) is 0 Å². The molecule has 0 saturated heterocycles. The fourth-order valence-electron chi connectivity index (χ4n) is 2.37. The number of imidazole rings is 1. The maximum Gasteiger partial charge on any atom is 0.257 e. The van der Waals surface area contributed by atoms with Gasteiger partial charge < -0.3 is 15.0 Å². The van der Waals surface area contributed by atoms with Gasteiger partial charge >= 0.3 is 0 Å². The quantitative estimate of drug-likeness (QED) is 0.806. The standard InChI is InChI=1S/C15H23N5O2/c1-4-5-20-10-14(11(2)18-20)15(22)19(6-7-21)9-13-8-16-12(3)17-13/h8,10,21H,4-7,9H2,1-3H3,(H,16,17). The molecule has 0 aliphatic heterocycles. The molecule has 0 aliphatic rings. The summed E-state index contributed by atoms with van der Waals surface area (Å²) in [6.45, 7) is 7.12. The van der Waals surface area contributed by atoms with Crippen LogP contribution in [0.3, 0.4) is 0 Å². The third-order valence-corrected chi connectivity index (χ3v) is 3.40. The highest BCUT2D eigenvalue weighted by Crippen LogP contribution is 2.12. The van der Waals surface area contributed by atoms with Gasteiger partial charge in [-0.2, -0.15) is 5.10 Å². The lowest BCUT2D eigenvalue weighted by Gasteiger charge is -2.20. The largest absolute Gasteiger partial charge is 0.395 e. The van der Waals surface area contributed by atoms with Crippen LogP contribution in [0.2, 0.25) is 0 Å². The Hall–Kier alpha value is -2.15. The summed E-state index contributed by atoms with van der Waals surface area (Å²) in [7, 11) is 0. The molecule has 7 nitrogen and oxygen atoms in total. The zero-order valence-electron chi connectivity index (χ0n) is 13.3. The maximum absolute atomic E-state index is 12.7. The topological polar surface area (TPSA) is 87.0 Å². The van der Waals surface area contributed by atoms with Gasteiger partial charge in [0.25, 0.3) is 5.91 Å². The van der Waals surface area contributed by atoms with E-state index in [0.29, 0.717) is 17.8 Å². The first-order valence-corrected chi connectivity index (χ1v) is 7.49. The van der Waals surface area contributed by atoms with Crippen molar-refractivity contribution in [3.05, 3.63) is 35.2 Å². The third kappa shape index (κ3) is 3.73. The molecule has 7 heteroatoms. The minimum absolute atomic E-state index is 0.0823. The molecule has 2 heterocycles. The second-order valence-electron chi connectivity index (χ2n) is 5.34. The van der Waals surface area contributed by atoms with E-state index >= 15 is 0 Å². The van der Waals surface area contributed by atoms with E-state index in [1.807, 2.05) is 13.8 Å². The Morgan fingerprint density at radius 1 is 1.45 bits per heavy atom. The number of hydrogen-bond acceptors (Lipinski definition) is 4. The van der Waals surface area contributed by atoms with Gasteiger partial charge in [0.1, 0.15) is 5.82 Å². The molecule has 0 unspecified atom stereocenters. The normalized spacial score (nSPS) is 10.9. The van der Waals surface area contributed by atoms with Gasteiger partial charge in [0, 0.05) is 19.3 Å². The number of hydrogen-bond donors (Lipinski definition) is 2. The number of rotatable bonds is 7. The highest BCUT2D eigenvalue weighted by Gasteiger charge is 2.20. The van der Waals surface area contributed by atoms with Crippen LogP contribution in [0.1, 0.15) is 40.9 Å². The highest BCUT2D eigenvalue weighted by atomic mass is 16.3. The van der Waals surface area contributed by atoms with Gasteiger partial charge in [-0.3, -0.25) is 9.48 Å². The molecule has 0 bridgehead atoms. The van der Waals surface area contributed by atoms with Crippen LogP contribution < -0.4 is 0 Å². The molecule has 0 fully saturated rings. The maximum atomic E-state index is 12.7. The number of carbonyl (C=O) groups excluding carboxylic acids is 1. The number of aromatic nitrogens is 4. The lowest BCUT2D eigenvalue weighted by molar-refractivity contribution is 0.0705. The molecule has 0 atom stereocenters. The second kappa shape index (κ2) is 7.22. The van der Waals surface area contributed by atoms with Crippen LogP contribution in [0.25, 0.3) is 0 Å². The van der Waals surface area contributed by atoms with Gasteiger partial charge in [-0.25, -0.2) is 4.98 Å². The van der Waals surface area contributed by atoms with E-state index in [0.717, 1.165) is 24.5 Å². The fraction of sp³-hybridized carbons (Fsp3) is 0.533. The van der Waals surface area contributed by atoms with Crippen LogP contribution in [-0.2, 0) is 13.1 Å².